The molecular weight excluding hydrogens is 309 g/mol. The first-order chi connectivity index (χ1) is 11.4. The molecule has 0 bridgehead atoms. The van der Waals surface area contributed by atoms with E-state index in [2.05, 4.69) is 10.2 Å². The van der Waals surface area contributed by atoms with Gasteiger partial charge in [0.05, 0.1) is 0 Å². The van der Waals surface area contributed by atoms with Gasteiger partial charge in [0.15, 0.2) is 0 Å². The Morgan fingerprint density at radius 3 is 2.83 bits per heavy atom. The van der Waals surface area contributed by atoms with Gasteiger partial charge >= 0.3 is 11.8 Å². The molecule has 1 heterocycles. The number of rotatable bonds is 5. The summed E-state index contributed by atoms with van der Waals surface area (Å²) in [7, 11) is 0. The van der Waals surface area contributed by atoms with Crippen molar-refractivity contribution >= 4 is 11.8 Å². The minimum Gasteiger partial charge on any atom is -0.361 e. The van der Waals surface area contributed by atoms with Gasteiger partial charge in [0, 0.05) is 19.6 Å². The molecular formula is C18H26FN3O2. The quantitative estimate of drug-likeness (QED) is 0.804. The van der Waals surface area contributed by atoms with Crippen LogP contribution in [0.2, 0.25) is 0 Å². The molecule has 1 unspecified atom stereocenters. The first kappa shape index (κ1) is 18.4. The fourth-order valence-electron chi connectivity index (χ4n) is 3.28. The van der Waals surface area contributed by atoms with Crippen molar-refractivity contribution in [3.8, 4) is 0 Å². The SMILES string of the molecule is Cc1ccc(CN2CCCC(CCNC(=O)C(N)=O)C2)c(C)c1F. The smallest absolute Gasteiger partial charge is 0.309 e. The van der Waals surface area contributed by atoms with E-state index >= 15 is 0 Å². The predicted octanol–water partition coefficient (Wildman–Crippen LogP) is 1.65. The Morgan fingerprint density at radius 2 is 2.12 bits per heavy atom. The van der Waals surface area contributed by atoms with Gasteiger partial charge in [0.25, 0.3) is 0 Å². The standard InChI is InChI=1S/C18H26FN3O2/c1-12-5-6-15(13(2)16(12)19)11-22-9-3-4-14(10-22)7-8-21-18(24)17(20)23/h5-6,14H,3-4,7-11H2,1-2H3,(H2,20,23)(H,21,24). The van der Waals surface area contributed by atoms with Crippen molar-refractivity contribution in [1.29, 1.82) is 0 Å². The molecule has 1 saturated heterocycles. The van der Waals surface area contributed by atoms with Crippen LogP contribution >= 0.6 is 0 Å². The van der Waals surface area contributed by atoms with Gasteiger partial charge in [-0.3, -0.25) is 14.5 Å². The van der Waals surface area contributed by atoms with E-state index in [1.165, 1.54) is 0 Å². The van der Waals surface area contributed by atoms with Crippen LogP contribution in [0.25, 0.3) is 0 Å². The lowest BCUT2D eigenvalue weighted by molar-refractivity contribution is -0.137. The van der Waals surface area contributed by atoms with E-state index in [1.54, 1.807) is 6.92 Å². The lowest BCUT2D eigenvalue weighted by atomic mass is 9.94. The molecule has 1 aliphatic heterocycles. The maximum absolute atomic E-state index is 14.0. The molecule has 2 rings (SSSR count). The van der Waals surface area contributed by atoms with Gasteiger partial charge in [-0.05, 0) is 62.3 Å². The molecule has 0 aliphatic carbocycles. The average Bonchev–Trinajstić information content (AvgIpc) is 2.55. The van der Waals surface area contributed by atoms with Gasteiger partial charge in [-0.15, -0.1) is 0 Å². The molecule has 132 valence electrons. The number of benzene rings is 1. The molecule has 0 spiro atoms. The number of amides is 2. The van der Waals surface area contributed by atoms with Crippen LogP contribution in [0.5, 0.6) is 0 Å². The summed E-state index contributed by atoms with van der Waals surface area (Å²) >= 11 is 0. The van der Waals surface area contributed by atoms with Crippen LogP contribution in [0.1, 0.15) is 36.0 Å². The van der Waals surface area contributed by atoms with Crippen molar-refractivity contribution in [3.63, 3.8) is 0 Å². The van der Waals surface area contributed by atoms with Gasteiger partial charge in [-0.1, -0.05) is 12.1 Å². The molecule has 1 aliphatic rings. The van der Waals surface area contributed by atoms with Crippen LogP contribution in [-0.4, -0.2) is 36.3 Å². The maximum atomic E-state index is 14.0. The summed E-state index contributed by atoms with van der Waals surface area (Å²) in [6.45, 7) is 6.73. The number of carbonyl (C=O) groups excluding carboxylic acids is 2. The third-order valence-corrected chi connectivity index (χ3v) is 4.75. The molecule has 1 aromatic carbocycles. The van der Waals surface area contributed by atoms with E-state index in [1.807, 2.05) is 19.1 Å². The van der Waals surface area contributed by atoms with E-state index in [0.29, 0.717) is 18.0 Å². The second-order valence-electron chi connectivity index (χ2n) is 6.63. The number of aryl methyl sites for hydroxylation is 1. The number of hydrogen-bond donors (Lipinski definition) is 2. The van der Waals surface area contributed by atoms with Crippen molar-refractivity contribution in [1.82, 2.24) is 10.2 Å². The Bertz CT molecular complexity index is 619. The first-order valence-electron chi connectivity index (χ1n) is 8.43. The number of hydrogen-bond acceptors (Lipinski definition) is 3. The van der Waals surface area contributed by atoms with Crippen LogP contribution in [0, 0.1) is 25.6 Å². The molecule has 1 atom stereocenters. The number of nitrogens with one attached hydrogen (secondary N) is 1. The van der Waals surface area contributed by atoms with Gasteiger partial charge in [0.2, 0.25) is 0 Å². The number of carbonyl (C=O) groups is 2. The minimum atomic E-state index is -0.947. The zero-order valence-electron chi connectivity index (χ0n) is 14.4. The molecule has 24 heavy (non-hydrogen) atoms. The maximum Gasteiger partial charge on any atom is 0.309 e. The monoisotopic (exact) mass is 335 g/mol. The summed E-state index contributed by atoms with van der Waals surface area (Å²) in [5.74, 6) is -1.33. The molecule has 3 N–H and O–H groups in total. The molecule has 1 fully saturated rings. The highest BCUT2D eigenvalue weighted by Gasteiger charge is 2.21. The summed E-state index contributed by atoms with van der Waals surface area (Å²) in [4.78, 5) is 24.2. The van der Waals surface area contributed by atoms with Gasteiger partial charge in [-0.25, -0.2) is 4.39 Å². The molecule has 2 amide bonds. The van der Waals surface area contributed by atoms with Crippen LogP contribution in [0.4, 0.5) is 4.39 Å². The van der Waals surface area contributed by atoms with E-state index in [9.17, 15) is 14.0 Å². The second-order valence-corrected chi connectivity index (χ2v) is 6.63. The Balaban J connectivity index is 1.86. The lowest BCUT2D eigenvalue weighted by Gasteiger charge is -2.33. The molecule has 5 nitrogen and oxygen atoms in total. The summed E-state index contributed by atoms with van der Waals surface area (Å²) in [6.07, 6.45) is 3.00. The minimum absolute atomic E-state index is 0.116. The number of piperidine rings is 1. The average molecular weight is 335 g/mol. The fraction of sp³-hybridized carbons (Fsp3) is 0.556. The lowest BCUT2D eigenvalue weighted by Crippen LogP contribution is -2.39. The Hall–Kier alpha value is -1.95. The number of nitrogens with two attached hydrogens (primary N) is 1. The zero-order valence-corrected chi connectivity index (χ0v) is 14.4. The molecule has 6 heteroatoms. The predicted molar refractivity (Wildman–Crippen MR) is 90.7 cm³/mol. The van der Waals surface area contributed by atoms with Crippen LogP contribution in [-0.2, 0) is 16.1 Å². The number of nitrogens with zero attached hydrogens (tertiary/aromatic N) is 1. The molecule has 0 radical (unpaired) electrons. The third kappa shape index (κ3) is 4.77. The van der Waals surface area contributed by atoms with Crippen molar-refractivity contribution in [3.05, 3.63) is 34.6 Å². The largest absolute Gasteiger partial charge is 0.361 e. The fourth-order valence-corrected chi connectivity index (χ4v) is 3.28. The van der Waals surface area contributed by atoms with Crippen LogP contribution < -0.4 is 11.1 Å². The van der Waals surface area contributed by atoms with Crippen molar-refractivity contribution in [2.45, 2.75) is 39.7 Å². The Labute approximate surface area is 142 Å². The van der Waals surface area contributed by atoms with E-state index < -0.39 is 11.8 Å². The van der Waals surface area contributed by atoms with E-state index in [-0.39, 0.29) is 5.82 Å². The number of primary amides is 1. The Kier molecular flexibility index (Phi) is 6.31. The molecule has 1 aromatic rings. The zero-order chi connectivity index (χ0) is 17.7. The third-order valence-electron chi connectivity index (χ3n) is 4.75. The first-order valence-corrected chi connectivity index (χ1v) is 8.43. The normalized spacial score (nSPS) is 18.4. The highest BCUT2D eigenvalue weighted by molar-refractivity contribution is 6.34. The van der Waals surface area contributed by atoms with E-state index in [0.717, 1.165) is 50.0 Å². The van der Waals surface area contributed by atoms with Crippen molar-refractivity contribution in [2.24, 2.45) is 11.7 Å². The summed E-state index contributed by atoms with van der Waals surface area (Å²) < 4.78 is 14.0. The van der Waals surface area contributed by atoms with E-state index in [4.69, 9.17) is 5.73 Å². The van der Waals surface area contributed by atoms with Gasteiger partial charge in [-0.2, -0.15) is 0 Å². The second kappa shape index (κ2) is 8.24. The number of likely N-dealkylation sites (tertiary alicyclic amines) is 1. The molecule has 0 saturated carbocycles. The number of halogens is 1. The highest BCUT2D eigenvalue weighted by Crippen LogP contribution is 2.23. The summed E-state index contributed by atoms with van der Waals surface area (Å²) in [5, 5.41) is 2.54. The topological polar surface area (TPSA) is 75.4 Å². The van der Waals surface area contributed by atoms with Gasteiger partial charge in [0.1, 0.15) is 5.82 Å². The van der Waals surface area contributed by atoms with Gasteiger partial charge < -0.3 is 11.1 Å². The van der Waals surface area contributed by atoms with Crippen molar-refractivity contribution < 1.29 is 14.0 Å². The highest BCUT2D eigenvalue weighted by atomic mass is 19.1. The van der Waals surface area contributed by atoms with Crippen LogP contribution in [0.15, 0.2) is 12.1 Å². The van der Waals surface area contributed by atoms with Crippen LogP contribution in [0.3, 0.4) is 0 Å². The Morgan fingerprint density at radius 1 is 1.38 bits per heavy atom. The molecule has 0 aromatic heterocycles. The summed E-state index contributed by atoms with van der Waals surface area (Å²) in [5.41, 5.74) is 7.35. The van der Waals surface area contributed by atoms with Crippen molar-refractivity contribution in [2.75, 3.05) is 19.6 Å². The summed E-state index contributed by atoms with van der Waals surface area (Å²) in [6, 6.07) is 3.84.